The van der Waals surface area contributed by atoms with Crippen molar-refractivity contribution in [3.63, 3.8) is 0 Å². The van der Waals surface area contributed by atoms with Gasteiger partial charge in [0.05, 0.1) is 6.04 Å². The molecule has 3 nitrogen and oxygen atoms in total. The van der Waals surface area contributed by atoms with Gasteiger partial charge in [-0.3, -0.25) is 9.69 Å². The molecule has 0 amide bonds. The minimum Gasteiger partial charge on any atom is -0.303 e. The van der Waals surface area contributed by atoms with Crippen LogP contribution in [0.1, 0.15) is 57.8 Å². The molecule has 2 saturated heterocycles. The van der Waals surface area contributed by atoms with Crippen LogP contribution in [0.4, 0.5) is 0 Å². The largest absolute Gasteiger partial charge is 0.303 e. The van der Waals surface area contributed by atoms with Gasteiger partial charge < -0.3 is 4.90 Å². The molecule has 0 spiro atoms. The molecule has 114 valence electrons. The Hall–Kier alpha value is -0.410. The van der Waals surface area contributed by atoms with Crippen LogP contribution < -0.4 is 0 Å². The number of carbonyl (C=O) groups excluding carboxylic acids is 1. The average molecular weight is 278 g/mol. The number of hydrogen-bond acceptors (Lipinski definition) is 3. The Morgan fingerprint density at radius 2 is 1.60 bits per heavy atom. The number of piperidine rings is 1. The van der Waals surface area contributed by atoms with Crippen LogP contribution in [0.3, 0.4) is 0 Å². The lowest BCUT2D eigenvalue weighted by molar-refractivity contribution is -0.124. The lowest BCUT2D eigenvalue weighted by Gasteiger charge is -2.37. The van der Waals surface area contributed by atoms with Crippen LogP contribution in [0.15, 0.2) is 0 Å². The van der Waals surface area contributed by atoms with E-state index < -0.39 is 0 Å². The first kappa shape index (κ1) is 14.5. The summed E-state index contributed by atoms with van der Waals surface area (Å²) in [6, 6.07) is 0.269. The molecule has 1 unspecified atom stereocenters. The van der Waals surface area contributed by atoms with Crippen LogP contribution in [0, 0.1) is 5.92 Å². The zero-order valence-corrected chi connectivity index (χ0v) is 12.9. The molecule has 0 aromatic rings. The monoisotopic (exact) mass is 278 g/mol. The van der Waals surface area contributed by atoms with Gasteiger partial charge in [-0.05, 0) is 70.6 Å². The molecule has 3 fully saturated rings. The summed E-state index contributed by atoms with van der Waals surface area (Å²) in [6.07, 6.45) is 11.0. The first-order valence-corrected chi connectivity index (χ1v) is 8.82. The molecule has 1 saturated carbocycles. The number of hydrogen-bond donors (Lipinski definition) is 0. The maximum absolute atomic E-state index is 12.2. The number of nitrogens with zero attached hydrogens (tertiary/aromatic N) is 2. The summed E-state index contributed by atoms with van der Waals surface area (Å²) >= 11 is 0. The fraction of sp³-hybridized carbons (Fsp3) is 0.941. The molecule has 0 radical (unpaired) electrons. The highest BCUT2D eigenvalue weighted by atomic mass is 16.1. The smallest absolute Gasteiger partial charge is 0.149 e. The molecule has 0 aromatic carbocycles. The summed E-state index contributed by atoms with van der Waals surface area (Å²) in [6.45, 7) is 6.28. The van der Waals surface area contributed by atoms with Crippen molar-refractivity contribution in [2.45, 2.75) is 63.8 Å². The van der Waals surface area contributed by atoms with E-state index in [-0.39, 0.29) is 6.04 Å². The number of carbonyl (C=O) groups is 1. The maximum atomic E-state index is 12.2. The van der Waals surface area contributed by atoms with Crippen molar-refractivity contribution in [1.29, 1.82) is 0 Å². The first-order chi connectivity index (χ1) is 9.83. The minimum atomic E-state index is 0.269. The SMILES string of the molecule is O=C1CCCCCC1N1CCC(CN2CCCC2)CC1. The van der Waals surface area contributed by atoms with Gasteiger partial charge in [0.1, 0.15) is 5.78 Å². The van der Waals surface area contributed by atoms with Crippen LogP contribution in [-0.2, 0) is 4.79 Å². The van der Waals surface area contributed by atoms with E-state index in [4.69, 9.17) is 0 Å². The third-order valence-corrected chi connectivity index (χ3v) is 5.58. The number of rotatable bonds is 3. The van der Waals surface area contributed by atoms with Crippen LogP contribution in [0.25, 0.3) is 0 Å². The summed E-state index contributed by atoms with van der Waals surface area (Å²) in [4.78, 5) is 17.4. The van der Waals surface area contributed by atoms with Crippen molar-refractivity contribution in [2.75, 3.05) is 32.7 Å². The van der Waals surface area contributed by atoms with Crippen LogP contribution in [0.5, 0.6) is 0 Å². The van der Waals surface area contributed by atoms with Gasteiger partial charge in [-0.1, -0.05) is 12.8 Å². The fourth-order valence-electron chi connectivity index (χ4n) is 4.31. The second-order valence-corrected chi connectivity index (χ2v) is 7.07. The standard InChI is InChI=1S/C17H30N2O/c20-17-7-3-1-2-6-16(17)19-12-8-15(9-13-19)14-18-10-4-5-11-18/h15-16H,1-14H2. The molecule has 2 aliphatic heterocycles. The Morgan fingerprint density at radius 1 is 0.850 bits per heavy atom. The molecule has 2 heterocycles. The van der Waals surface area contributed by atoms with E-state index >= 15 is 0 Å². The van der Waals surface area contributed by atoms with Gasteiger partial charge in [0, 0.05) is 13.0 Å². The molecule has 20 heavy (non-hydrogen) atoms. The van der Waals surface area contributed by atoms with Gasteiger partial charge in [0.15, 0.2) is 0 Å². The number of ketones is 1. The molecule has 0 bridgehead atoms. The first-order valence-electron chi connectivity index (χ1n) is 8.82. The molecular weight excluding hydrogens is 248 g/mol. The van der Waals surface area contributed by atoms with E-state index in [0.29, 0.717) is 5.78 Å². The van der Waals surface area contributed by atoms with E-state index in [1.54, 1.807) is 0 Å². The summed E-state index contributed by atoms with van der Waals surface area (Å²) in [5.74, 6) is 1.41. The Labute approximate surface area is 123 Å². The Morgan fingerprint density at radius 3 is 2.35 bits per heavy atom. The Kier molecular flexibility index (Phi) is 5.11. The molecule has 1 atom stereocenters. The highest BCUT2D eigenvalue weighted by Crippen LogP contribution is 2.26. The van der Waals surface area contributed by atoms with Crippen molar-refractivity contribution >= 4 is 5.78 Å². The van der Waals surface area contributed by atoms with Gasteiger partial charge in [0.2, 0.25) is 0 Å². The fourth-order valence-corrected chi connectivity index (χ4v) is 4.31. The molecule has 0 aromatic heterocycles. The van der Waals surface area contributed by atoms with Crippen molar-refractivity contribution in [2.24, 2.45) is 5.92 Å². The minimum absolute atomic E-state index is 0.269. The second kappa shape index (κ2) is 7.04. The maximum Gasteiger partial charge on any atom is 0.149 e. The average Bonchev–Trinajstić information content (AvgIpc) is 2.87. The molecule has 3 heteroatoms. The Bertz CT molecular complexity index is 317. The second-order valence-electron chi connectivity index (χ2n) is 7.07. The van der Waals surface area contributed by atoms with E-state index in [1.165, 1.54) is 58.2 Å². The molecule has 1 aliphatic carbocycles. The molecule has 3 aliphatic rings. The molecule has 3 rings (SSSR count). The lowest BCUT2D eigenvalue weighted by Crippen LogP contribution is -2.46. The van der Waals surface area contributed by atoms with Crippen molar-refractivity contribution in [1.82, 2.24) is 9.80 Å². The normalized spacial score (nSPS) is 31.6. The number of Topliss-reactive ketones (excluding diaryl/α,β-unsaturated/α-hetero) is 1. The van der Waals surface area contributed by atoms with Gasteiger partial charge >= 0.3 is 0 Å². The van der Waals surface area contributed by atoms with E-state index in [9.17, 15) is 4.79 Å². The Balaban J connectivity index is 1.46. The van der Waals surface area contributed by atoms with E-state index in [2.05, 4.69) is 9.80 Å². The van der Waals surface area contributed by atoms with Crippen molar-refractivity contribution < 1.29 is 4.79 Å². The molecular formula is C17H30N2O. The highest BCUT2D eigenvalue weighted by Gasteiger charge is 2.30. The summed E-state index contributed by atoms with van der Waals surface area (Å²) < 4.78 is 0. The third-order valence-electron chi connectivity index (χ3n) is 5.58. The van der Waals surface area contributed by atoms with E-state index in [1.807, 2.05) is 0 Å². The van der Waals surface area contributed by atoms with Crippen LogP contribution >= 0.6 is 0 Å². The zero-order chi connectivity index (χ0) is 13.8. The van der Waals surface area contributed by atoms with Gasteiger partial charge in [-0.2, -0.15) is 0 Å². The lowest BCUT2D eigenvalue weighted by atomic mass is 9.93. The van der Waals surface area contributed by atoms with Crippen LogP contribution in [0.2, 0.25) is 0 Å². The predicted octanol–water partition coefficient (Wildman–Crippen LogP) is 2.70. The van der Waals surface area contributed by atoms with Crippen molar-refractivity contribution in [3.05, 3.63) is 0 Å². The topological polar surface area (TPSA) is 23.6 Å². The highest BCUT2D eigenvalue weighted by molar-refractivity contribution is 5.84. The van der Waals surface area contributed by atoms with Gasteiger partial charge in [-0.25, -0.2) is 0 Å². The quantitative estimate of drug-likeness (QED) is 0.742. The third kappa shape index (κ3) is 3.62. The summed E-state index contributed by atoms with van der Waals surface area (Å²) in [7, 11) is 0. The van der Waals surface area contributed by atoms with Gasteiger partial charge in [-0.15, -0.1) is 0 Å². The number of likely N-dealkylation sites (tertiary alicyclic amines) is 2. The van der Waals surface area contributed by atoms with E-state index in [0.717, 1.165) is 38.3 Å². The van der Waals surface area contributed by atoms with Crippen molar-refractivity contribution in [3.8, 4) is 0 Å². The molecule has 0 N–H and O–H groups in total. The van der Waals surface area contributed by atoms with Crippen LogP contribution in [-0.4, -0.2) is 54.3 Å². The predicted molar refractivity (Wildman–Crippen MR) is 81.9 cm³/mol. The zero-order valence-electron chi connectivity index (χ0n) is 12.9. The summed E-state index contributed by atoms with van der Waals surface area (Å²) in [5, 5.41) is 0. The van der Waals surface area contributed by atoms with Gasteiger partial charge in [0.25, 0.3) is 0 Å². The summed E-state index contributed by atoms with van der Waals surface area (Å²) in [5.41, 5.74) is 0.